The smallest absolute Gasteiger partial charge is 0.00390 e. The minimum absolute atomic E-state index is 0.520. The van der Waals surface area contributed by atoms with Crippen LogP contribution in [0.1, 0.15) is 104 Å². The van der Waals surface area contributed by atoms with Gasteiger partial charge in [0, 0.05) is 6.04 Å². The lowest BCUT2D eigenvalue weighted by atomic mass is 9.88. The zero-order valence-electron chi connectivity index (χ0n) is 13.9. The lowest BCUT2D eigenvalue weighted by Crippen LogP contribution is -2.25. The first-order chi connectivity index (χ1) is 9.20. The highest BCUT2D eigenvalue weighted by Crippen LogP contribution is 2.21. The highest BCUT2D eigenvalue weighted by molar-refractivity contribution is 4.70. The average molecular weight is 270 g/mol. The SMILES string of the molecule is CC1CCC(N)CC1.CCCCCCCCCCC. The third kappa shape index (κ3) is 14.2. The Bertz CT molecular complexity index is 141. The van der Waals surface area contributed by atoms with E-state index in [0.29, 0.717) is 6.04 Å². The van der Waals surface area contributed by atoms with Crippen LogP contribution in [0.3, 0.4) is 0 Å². The Morgan fingerprint density at radius 3 is 1.37 bits per heavy atom. The first-order valence-electron chi connectivity index (χ1n) is 8.96. The molecule has 1 saturated carbocycles. The number of hydrogen-bond donors (Lipinski definition) is 1. The van der Waals surface area contributed by atoms with Crippen molar-refractivity contribution >= 4 is 0 Å². The Labute approximate surface area is 122 Å². The zero-order valence-corrected chi connectivity index (χ0v) is 13.9. The van der Waals surface area contributed by atoms with E-state index in [4.69, 9.17) is 5.73 Å². The van der Waals surface area contributed by atoms with Crippen LogP contribution >= 0.6 is 0 Å². The van der Waals surface area contributed by atoms with Gasteiger partial charge in [-0.2, -0.15) is 0 Å². The summed E-state index contributed by atoms with van der Waals surface area (Å²) in [4.78, 5) is 0. The molecule has 0 unspecified atom stereocenters. The fourth-order valence-electron chi connectivity index (χ4n) is 2.67. The topological polar surface area (TPSA) is 26.0 Å². The summed E-state index contributed by atoms with van der Waals surface area (Å²) in [6, 6.07) is 0.520. The van der Waals surface area contributed by atoms with Crippen LogP contribution in [-0.2, 0) is 0 Å². The van der Waals surface area contributed by atoms with E-state index in [0.717, 1.165) is 5.92 Å². The fraction of sp³-hybridized carbons (Fsp3) is 1.00. The molecule has 0 heterocycles. The summed E-state index contributed by atoms with van der Waals surface area (Å²) in [5.74, 6) is 0.940. The Morgan fingerprint density at radius 1 is 0.684 bits per heavy atom. The molecule has 1 aliphatic carbocycles. The van der Waals surface area contributed by atoms with Gasteiger partial charge in [-0.3, -0.25) is 0 Å². The summed E-state index contributed by atoms with van der Waals surface area (Å²) in [7, 11) is 0. The van der Waals surface area contributed by atoms with Crippen molar-refractivity contribution in [2.75, 3.05) is 0 Å². The van der Waals surface area contributed by atoms with Gasteiger partial charge in [0.25, 0.3) is 0 Å². The van der Waals surface area contributed by atoms with Gasteiger partial charge >= 0.3 is 0 Å². The van der Waals surface area contributed by atoms with Gasteiger partial charge in [0.15, 0.2) is 0 Å². The van der Waals surface area contributed by atoms with Crippen LogP contribution in [0, 0.1) is 5.92 Å². The number of rotatable bonds is 8. The zero-order chi connectivity index (χ0) is 14.3. The molecule has 116 valence electrons. The van der Waals surface area contributed by atoms with Gasteiger partial charge in [0.05, 0.1) is 0 Å². The first kappa shape index (κ1) is 19.0. The summed E-state index contributed by atoms with van der Waals surface area (Å²) in [5, 5.41) is 0. The summed E-state index contributed by atoms with van der Waals surface area (Å²) in [6.07, 6.45) is 18.1. The van der Waals surface area contributed by atoms with E-state index in [-0.39, 0.29) is 0 Å². The molecule has 0 amide bonds. The van der Waals surface area contributed by atoms with Gasteiger partial charge in [-0.25, -0.2) is 0 Å². The summed E-state index contributed by atoms with van der Waals surface area (Å²) in [5.41, 5.74) is 5.70. The van der Waals surface area contributed by atoms with Crippen LogP contribution in [-0.4, -0.2) is 6.04 Å². The van der Waals surface area contributed by atoms with E-state index in [1.54, 1.807) is 0 Å². The lowest BCUT2D eigenvalue weighted by molar-refractivity contribution is 0.348. The monoisotopic (exact) mass is 269 g/mol. The van der Waals surface area contributed by atoms with Crippen molar-refractivity contribution in [2.24, 2.45) is 11.7 Å². The highest BCUT2D eigenvalue weighted by atomic mass is 14.6. The molecule has 0 atom stereocenters. The lowest BCUT2D eigenvalue weighted by Gasteiger charge is -2.22. The van der Waals surface area contributed by atoms with Gasteiger partial charge in [-0.15, -0.1) is 0 Å². The third-order valence-electron chi connectivity index (χ3n) is 4.27. The largest absolute Gasteiger partial charge is 0.328 e. The van der Waals surface area contributed by atoms with E-state index >= 15 is 0 Å². The van der Waals surface area contributed by atoms with Crippen LogP contribution in [0.4, 0.5) is 0 Å². The van der Waals surface area contributed by atoms with Crippen LogP contribution in [0.25, 0.3) is 0 Å². The van der Waals surface area contributed by atoms with Gasteiger partial charge in [0.2, 0.25) is 0 Å². The molecule has 0 aromatic heterocycles. The quantitative estimate of drug-likeness (QED) is 0.532. The Kier molecular flexibility index (Phi) is 14.3. The molecular weight excluding hydrogens is 230 g/mol. The summed E-state index contributed by atoms with van der Waals surface area (Å²) < 4.78 is 0. The molecule has 1 heteroatoms. The maximum absolute atomic E-state index is 5.70. The van der Waals surface area contributed by atoms with E-state index in [9.17, 15) is 0 Å². The van der Waals surface area contributed by atoms with Gasteiger partial charge in [-0.05, 0) is 31.6 Å². The van der Waals surface area contributed by atoms with Crippen LogP contribution in [0.15, 0.2) is 0 Å². The minimum Gasteiger partial charge on any atom is -0.328 e. The van der Waals surface area contributed by atoms with Crippen LogP contribution in [0.5, 0.6) is 0 Å². The number of unbranched alkanes of at least 4 members (excludes halogenated alkanes) is 8. The Balaban J connectivity index is 0.000000356. The van der Waals surface area contributed by atoms with Crippen LogP contribution < -0.4 is 5.73 Å². The Morgan fingerprint density at radius 2 is 1.05 bits per heavy atom. The fourth-order valence-corrected chi connectivity index (χ4v) is 2.67. The third-order valence-corrected chi connectivity index (χ3v) is 4.27. The molecule has 1 rings (SSSR count). The number of hydrogen-bond acceptors (Lipinski definition) is 1. The van der Waals surface area contributed by atoms with Gasteiger partial charge in [0.1, 0.15) is 0 Å². The molecule has 1 nitrogen and oxygen atoms in total. The van der Waals surface area contributed by atoms with Gasteiger partial charge < -0.3 is 5.73 Å². The van der Waals surface area contributed by atoms with E-state index < -0.39 is 0 Å². The summed E-state index contributed by atoms with van der Waals surface area (Å²) in [6.45, 7) is 6.86. The second-order valence-corrected chi connectivity index (χ2v) is 6.49. The molecule has 0 aliphatic heterocycles. The van der Waals surface area contributed by atoms with Crippen molar-refractivity contribution in [1.29, 1.82) is 0 Å². The molecule has 0 aromatic carbocycles. The summed E-state index contributed by atoms with van der Waals surface area (Å²) >= 11 is 0. The van der Waals surface area contributed by atoms with Crippen molar-refractivity contribution in [3.05, 3.63) is 0 Å². The number of nitrogens with two attached hydrogens (primary N) is 1. The molecular formula is C18H39N. The standard InChI is InChI=1S/C11H24.C7H15N/c1-3-5-7-9-11-10-8-6-4-2;1-6-2-4-7(8)5-3-6/h3-11H2,1-2H3;6-7H,2-5,8H2,1H3. The predicted octanol–water partition coefficient (Wildman–Crippen LogP) is 6.06. The maximum Gasteiger partial charge on any atom is 0.00390 e. The van der Waals surface area contributed by atoms with Crippen molar-refractivity contribution < 1.29 is 0 Å². The normalized spacial score (nSPS) is 22.7. The van der Waals surface area contributed by atoms with E-state index in [1.165, 1.54) is 83.5 Å². The molecule has 1 aliphatic rings. The Hall–Kier alpha value is -0.0400. The molecule has 2 N–H and O–H groups in total. The highest BCUT2D eigenvalue weighted by Gasteiger charge is 2.13. The molecule has 0 saturated heterocycles. The molecule has 19 heavy (non-hydrogen) atoms. The van der Waals surface area contributed by atoms with E-state index in [2.05, 4.69) is 20.8 Å². The molecule has 1 fully saturated rings. The molecule has 0 spiro atoms. The van der Waals surface area contributed by atoms with Crippen molar-refractivity contribution in [3.8, 4) is 0 Å². The van der Waals surface area contributed by atoms with Crippen LogP contribution in [0.2, 0.25) is 0 Å². The molecule has 0 radical (unpaired) electrons. The van der Waals surface area contributed by atoms with E-state index in [1.807, 2.05) is 0 Å². The van der Waals surface area contributed by atoms with Crippen molar-refractivity contribution in [3.63, 3.8) is 0 Å². The molecule has 0 bridgehead atoms. The van der Waals surface area contributed by atoms with Gasteiger partial charge in [-0.1, -0.05) is 78.6 Å². The van der Waals surface area contributed by atoms with Crippen molar-refractivity contribution in [1.82, 2.24) is 0 Å². The maximum atomic E-state index is 5.70. The minimum atomic E-state index is 0.520. The average Bonchev–Trinajstić information content (AvgIpc) is 2.42. The first-order valence-corrected chi connectivity index (χ1v) is 8.96. The molecule has 0 aromatic rings. The van der Waals surface area contributed by atoms with Crippen molar-refractivity contribution in [2.45, 2.75) is 110 Å². The second kappa shape index (κ2) is 14.4. The second-order valence-electron chi connectivity index (χ2n) is 6.49. The predicted molar refractivity (Wildman–Crippen MR) is 88.5 cm³/mol.